The van der Waals surface area contributed by atoms with Gasteiger partial charge >= 0.3 is 0 Å². The van der Waals surface area contributed by atoms with Crippen LogP contribution in [0.3, 0.4) is 0 Å². The number of hydrogen-bond donors (Lipinski definition) is 1. The van der Waals surface area contributed by atoms with Gasteiger partial charge in [-0.05, 0) is 52.8 Å². The predicted octanol–water partition coefficient (Wildman–Crippen LogP) is 5.34. The van der Waals surface area contributed by atoms with E-state index in [4.69, 9.17) is 23.2 Å². The van der Waals surface area contributed by atoms with Gasteiger partial charge in [0.1, 0.15) is 11.6 Å². The minimum Gasteiger partial charge on any atom is -0.309 e. The van der Waals surface area contributed by atoms with E-state index in [0.29, 0.717) is 20.6 Å². The maximum absolute atomic E-state index is 14.1. The highest BCUT2D eigenvalue weighted by Crippen LogP contribution is 2.32. The van der Waals surface area contributed by atoms with Crippen LogP contribution < -0.4 is 5.32 Å². The van der Waals surface area contributed by atoms with E-state index in [1.165, 1.54) is 24.3 Å². The Morgan fingerprint density at radius 3 is 2.35 bits per heavy atom. The Labute approximate surface area is 134 Å². The minimum absolute atomic E-state index is 0.0258. The van der Waals surface area contributed by atoms with Gasteiger partial charge in [0, 0.05) is 10.0 Å². The Bertz CT molecular complexity index is 649. The summed E-state index contributed by atoms with van der Waals surface area (Å²) in [5.41, 5.74) is 0.897. The van der Waals surface area contributed by atoms with Gasteiger partial charge < -0.3 is 5.32 Å². The van der Waals surface area contributed by atoms with Crippen LogP contribution in [0.15, 0.2) is 34.8 Å². The molecule has 106 valence electrons. The van der Waals surface area contributed by atoms with Crippen molar-refractivity contribution in [2.75, 3.05) is 7.05 Å². The Hall–Kier alpha value is -0.680. The third-order valence-electron chi connectivity index (χ3n) is 2.92. The van der Waals surface area contributed by atoms with Gasteiger partial charge in [0.2, 0.25) is 0 Å². The van der Waals surface area contributed by atoms with E-state index < -0.39 is 17.7 Å². The average Bonchev–Trinajstić information content (AvgIpc) is 2.40. The number of rotatable bonds is 3. The van der Waals surface area contributed by atoms with E-state index in [0.717, 1.165) is 0 Å². The molecule has 6 heteroatoms. The lowest BCUT2D eigenvalue weighted by Gasteiger charge is -2.19. The predicted molar refractivity (Wildman–Crippen MR) is 81.4 cm³/mol. The van der Waals surface area contributed by atoms with Crippen LogP contribution in [0.2, 0.25) is 10.0 Å². The van der Waals surface area contributed by atoms with Gasteiger partial charge in [-0.2, -0.15) is 0 Å². The summed E-state index contributed by atoms with van der Waals surface area (Å²) in [5, 5.41) is 3.36. The van der Waals surface area contributed by atoms with Crippen molar-refractivity contribution in [3.8, 4) is 0 Å². The molecular formula is C14H10BrCl2F2N. The number of benzene rings is 2. The molecule has 0 aliphatic carbocycles. The highest BCUT2D eigenvalue weighted by atomic mass is 79.9. The number of hydrogen-bond acceptors (Lipinski definition) is 1. The van der Waals surface area contributed by atoms with E-state index in [2.05, 4.69) is 21.2 Å². The summed E-state index contributed by atoms with van der Waals surface area (Å²) in [6.07, 6.45) is 0. The molecule has 1 nitrogen and oxygen atoms in total. The molecule has 2 rings (SSSR count). The molecule has 0 saturated heterocycles. The summed E-state index contributed by atoms with van der Waals surface area (Å²) >= 11 is 14.8. The van der Waals surface area contributed by atoms with Crippen LogP contribution in [-0.4, -0.2) is 7.05 Å². The molecule has 0 bridgehead atoms. The first-order chi connectivity index (χ1) is 9.43. The summed E-state index contributed by atoms with van der Waals surface area (Å²) in [6, 6.07) is 6.63. The first-order valence-corrected chi connectivity index (χ1v) is 7.25. The van der Waals surface area contributed by atoms with Crippen LogP contribution in [0.4, 0.5) is 8.78 Å². The molecule has 2 aromatic carbocycles. The molecule has 0 saturated carbocycles. The molecular weight excluding hydrogens is 371 g/mol. The Balaban J connectivity index is 2.52. The second-order valence-electron chi connectivity index (χ2n) is 4.18. The topological polar surface area (TPSA) is 12.0 Å². The van der Waals surface area contributed by atoms with Crippen LogP contribution in [0.1, 0.15) is 17.2 Å². The molecule has 1 unspecified atom stereocenters. The lowest BCUT2D eigenvalue weighted by atomic mass is 9.98. The largest absolute Gasteiger partial charge is 0.309 e. The average molecular weight is 381 g/mol. The van der Waals surface area contributed by atoms with Crippen LogP contribution >= 0.6 is 39.1 Å². The first-order valence-electron chi connectivity index (χ1n) is 5.70. The summed E-state index contributed by atoms with van der Waals surface area (Å²) in [5.74, 6) is -0.982. The van der Waals surface area contributed by atoms with Crippen molar-refractivity contribution in [3.05, 3.63) is 67.6 Å². The van der Waals surface area contributed by atoms with Crippen molar-refractivity contribution in [1.82, 2.24) is 5.32 Å². The van der Waals surface area contributed by atoms with Gasteiger partial charge in [0.15, 0.2) is 0 Å². The van der Waals surface area contributed by atoms with Crippen LogP contribution in [0.25, 0.3) is 0 Å². The summed E-state index contributed by atoms with van der Waals surface area (Å²) in [4.78, 5) is 0. The Morgan fingerprint density at radius 2 is 1.75 bits per heavy atom. The fourth-order valence-corrected chi connectivity index (χ4v) is 2.56. The van der Waals surface area contributed by atoms with Crippen molar-refractivity contribution in [2.24, 2.45) is 0 Å². The molecule has 0 aliphatic rings. The fraction of sp³-hybridized carbons (Fsp3) is 0.143. The van der Waals surface area contributed by atoms with Gasteiger partial charge in [0.25, 0.3) is 0 Å². The third kappa shape index (κ3) is 3.14. The fourth-order valence-electron chi connectivity index (χ4n) is 1.95. The molecule has 2 aromatic rings. The molecule has 0 heterocycles. The van der Waals surface area contributed by atoms with Crippen LogP contribution in [-0.2, 0) is 0 Å². The molecule has 1 N–H and O–H groups in total. The molecule has 1 atom stereocenters. The lowest BCUT2D eigenvalue weighted by molar-refractivity contribution is 0.571. The summed E-state index contributed by atoms with van der Waals surface area (Å²) in [6.45, 7) is 0. The van der Waals surface area contributed by atoms with Gasteiger partial charge in [-0.3, -0.25) is 0 Å². The lowest BCUT2D eigenvalue weighted by Crippen LogP contribution is -2.19. The standard InChI is InChI=1S/C14H10BrCl2F2N/c1-20-14(7-2-3-10(16)13(19)4-7)8-5-11(17)9(15)6-12(8)18/h2-6,14,20H,1H3. The SMILES string of the molecule is CNC(c1ccc(Cl)c(F)c1)c1cc(Cl)c(Br)cc1F. The molecule has 0 aromatic heterocycles. The van der Waals surface area contributed by atoms with Gasteiger partial charge in [-0.1, -0.05) is 29.3 Å². The van der Waals surface area contributed by atoms with E-state index in [9.17, 15) is 8.78 Å². The zero-order valence-electron chi connectivity index (χ0n) is 10.4. The number of nitrogens with one attached hydrogen (secondary N) is 1. The highest BCUT2D eigenvalue weighted by Gasteiger charge is 2.19. The van der Waals surface area contributed by atoms with E-state index in [1.54, 1.807) is 13.1 Å². The van der Waals surface area contributed by atoms with Gasteiger partial charge in [-0.15, -0.1) is 0 Å². The van der Waals surface area contributed by atoms with Gasteiger partial charge in [-0.25, -0.2) is 8.78 Å². The second kappa shape index (κ2) is 6.39. The molecule has 0 fully saturated rings. The Morgan fingerprint density at radius 1 is 1.05 bits per heavy atom. The highest BCUT2D eigenvalue weighted by molar-refractivity contribution is 9.10. The number of halogens is 5. The molecule has 0 amide bonds. The zero-order chi connectivity index (χ0) is 14.9. The first kappa shape index (κ1) is 15.7. The van der Waals surface area contributed by atoms with Crippen molar-refractivity contribution in [2.45, 2.75) is 6.04 Å². The van der Waals surface area contributed by atoms with E-state index in [1.807, 2.05) is 0 Å². The van der Waals surface area contributed by atoms with Crippen molar-refractivity contribution < 1.29 is 8.78 Å². The molecule has 0 aliphatic heterocycles. The smallest absolute Gasteiger partial charge is 0.142 e. The molecule has 0 radical (unpaired) electrons. The zero-order valence-corrected chi connectivity index (χ0v) is 13.5. The Kier molecular flexibility index (Phi) is 5.02. The van der Waals surface area contributed by atoms with Gasteiger partial charge in [0.05, 0.1) is 16.1 Å². The minimum atomic E-state index is -0.548. The van der Waals surface area contributed by atoms with Crippen molar-refractivity contribution in [1.29, 1.82) is 0 Å². The van der Waals surface area contributed by atoms with E-state index in [-0.39, 0.29) is 5.02 Å². The van der Waals surface area contributed by atoms with Crippen LogP contribution in [0.5, 0.6) is 0 Å². The normalized spacial score (nSPS) is 12.5. The van der Waals surface area contributed by atoms with E-state index >= 15 is 0 Å². The monoisotopic (exact) mass is 379 g/mol. The van der Waals surface area contributed by atoms with Crippen LogP contribution in [0, 0.1) is 11.6 Å². The quantitative estimate of drug-likeness (QED) is 0.708. The maximum atomic E-state index is 14.1. The third-order valence-corrected chi connectivity index (χ3v) is 4.42. The van der Waals surface area contributed by atoms with Crippen molar-refractivity contribution in [3.63, 3.8) is 0 Å². The maximum Gasteiger partial charge on any atom is 0.142 e. The summed E-state index contributed by atoms with van der Waals surface area (Å²) < 4.78 is 28.1. The summed E-state index contributed by atoms with van der Waals surface area (Å²) in [7, 11) is 1.66. The second-order valence-corrected chi connectivity index (χ2v) is 5.85. The van der Waals surface area contributed by atoms with Crippen molar-refractivity contribution >= 4 is 39.1 Å². The molecule has 20 heavy (non-hydrogen) atoms. The molecule has 0 spiro atoms.